The van der Waals surface area contributed by atoms with E-state index in [0.717, 1.165) is 37.7 Å². The average Bonchev–Trinajstić information content (AvgIpc) is 2.65. The monoisotopic (exact) mass is 400 g/mol. The molecule has 156 valence electrons. The molecule has 0 radical (unpaired) electrons. The summed E-state index contributed by atoms with van der Waals surface area (Å²) in [6.07, 6.45) is 2.01. The van der Waals surface area contributed by atoms with E-state index in [1.165, 1.54) is 23.3 Å². The van der Waals surface area contributed by atoms with Crippen molar-refractivity contribution in [2.45, 2.75) is 51.7 Å². The summed E-state index contributed by atoms with van der Waals surface area (Å²) in [4.78, 5) is 2.50. The van der Waals surface area contributed by atoms with Gasteiger partial charge in [-0.3, -0.25) is 4.90 Å². The predicted octanol–water partition coefficient (Wildman–Crippen LogP) is 4.68. The van der Waals surface area contributed by atoms with Crippen molar-refractivity contribution in [1.82, 2.24) is 4.90 Å². The first-order valence-electron chi connectivity index (χ1n) is 10.4. The third-order valence-corrected chi connectivity index (χ3v) is 7.59. The third kappa shape index (κ3) is 3.34. The molecule has 0 saturated carbocycles. The van der Waals surface area contributed by atoms with Gasteiger partial charge in [-0.1, -0.05) is 39.0 Å². The van der Waals surface area contributed by atoms with E-state index in [2.05, 4.69) is 37.8 Å². The highest BCUT2D eigenvalue weighted by Gasteiger charge is 2.55. The van der Waals surface area contributed by atoms with Gasteiger partial charge < -0.3 is 10.5 Å². The summed E-state index contributed by atoms with van der Waals surface area (Å²) in [5.41, 5.74) is 10.5. The lowest BCUT2D eigenvalue weighted by molar-refractivity contribution is -0.0492. The van der Waals surface area contributed by atoms with E-state index in [9.17, 15) is 8.78 Å². The highest BCUT2D eigenvalue weighted by Crippen LogP contribution is 2.56. The Balaban J connectivity index is 1.45. The fraction of sp³-hybridized carbons (Fsp3) is 0.500. The minimum atomic E-state index is -0.568. The van der Waals surface area contributed by atoms with Crippen molar-refractivity contribution in [1.29, 1.82) is 0 Å². The van der Waals surface area contributed by atoms with Gasteiger partial charge in [0.25, 0.3) is 0 Å². The molecular weight excluding hydrogens is 370 g/mol. The number of hydrogen-bond donors (Lipinski definition) is 1. The molecule has 3 nitrogen and oxygen atoms in total. The summed E-state index contributed by atoms with van der Waals surface area (Å²) < 4.78 is 32.6. The van der Waals surface area contributed by atoms with E-state index >= 15 is 0 Å². The smallest absolute Gasteiger partial charge is 0.131 e. The number of nitrogens with zero attached hydrogens (tertiary/aromatic N) is 1. The topological polar surface area (TPSA) is 38.5 Å². The number of ether oxygens (including phenoxy) is 1. The molecule has 2 aromatic carbocycles. The minimum Gasteiger partial charge on any atom is -0.398 e. The SMILES string of the molecule is CC1(C)[C@H]2Cc3c(N)cccc3[C@]1(C)CCN2CCOCc1ccc(F)cc1F. The Morgan fingerprint density at radius 1 is 1.17 bits per heavy atom. The van der Waals surface area contributed by atoms with E-state index in [4.69, 9.17) is 10.5 Å². The molecule has 1 fully saturated rings. The molecule has 1 aliphatic heterocycles. The molecule has 0 aromatic heterocycles. The van der Waals surface area contributed by atoms with Gasteiger partial charge in [0.2, 0.25) is 0 Å². The molecule has 5 heteroatoms. The average molecular weight is 401 g/mol. The third-order valence-electron chi connectivity index (χ3n) is 7.59. The Morgan fingerprint density at radius 2 is 1.97 bits per heavy atom. The summed E-state index contributed by atoms with van der Waals surface area (Å²) in [6.45, 7) is 9.57. The number of nitrogen functional groups attached to an aromatic ring is 1. The maximum absolute atomic E-state index is 13.8. The number of benzene rings is 2. The molecule has 2 bridgehead atoms. The molecule has 29 heavy (non-hydrogen) atoms. The highest BCUT2D eigenvalue weighted by molar-refractivity contribution is 5.56. The molecule has 1 saturated heterocycles. The molecule has 2 N–H and O–H groups in total. The zero-order valence-corrected chi connectivity index (χ0v) is 17.5. The summed E-state index contributed by atoms with van der Waals surface area (Å²) in [5, 5.41) is 0. The zero-order valence-electron chi connectivity index (χ0n) is 17.5. The fourth-order valence-electron chi connectivity index (χ4n) is 5.35. The van der Waals surface area contributed by atoms with Crippen molar-refractivity contribution in [2.24, 2.45) is 5.41 Å². The van der Waals surface area contributed by atoms with Crippen LogP contribution in [-0.4, -0.2) is 30.6 Å². The Bertz CT molecular complexity index is 914. The van der Waals surface area contributed by atoms with Gasteiger partial charge in [0, 0.05) is 35.3 Å². The van der Waals surface area contributed by atoms with Gasteiger partial charge >= 0.3 is 0 Å². The predicted molar refractivity (Wildman–Crippen MR) is 112 cm³/mol. The van der Waals surface area contributed by atoms with Gasteiger partial charge in [0.15, 0.2) is 0 Å². The first-order valence-corrected chi connectivity index (χ1v) is 10.4. The van der Waals surface area contributed by atoms with Gasteiger partial charge in [0.05, 0.1) is 13.2 Å². The Kier molecular flexibility index (Phi) is 5.16. The minimum absolute atomic E-state index is 0.0925. The van der Waals surface area contributed by atoms with Crippen LogP contribution in [0.1, 0.15) is 43.9 Å². The van der Waals surface area contributed by atoms with Crippen LogP contribution in [-0.2, 0) is 23.2 Å². The van der Waals surface area contributed by atoms with Crippen molar-refractivity contribution in [2.75, 3.05) is 25.4 Å². The molecule has 1 aliphatic carbocycles. The van der Waals surface area contributed by atoms with Crippen LogP contribution in [0.25, 0.3) is 0 Å². The molecule has 1 heterocycles. The van der Waals surface area contributed by atoms with Crippen LogP contribution in [0.5, 0.6) is 0 Å². The number of fused-ring (bicyclic) bond motifs is 4. The van der Waals surface area contributed by atoms with E-state index < -0.39 is 11.6 Å². The van der Waals surface area contributed by atoms with E-state index in [1.54, 1.807) is 0 Å². The van der Waals surface area contributed by atoms with Crippen molar-refractivity contribution >= 4 is 5.69 Å². The molecule has 2 aromatic rings. The van der Waals surface area contributed by atoms with Crippen molar-refractivity contribution < 1.29 is 13.5 Å². The number of nitrogens with two attached hydrogens (primary N) is 1. The number of halogens is 2. The zero-order chi connectivity index (χ0) is 20.8. The number of likely N-dealkylation sites (tertiary alicyclic amines) is 1. The molecule has 0 amide bonds. The summed E-state index contributed by atoms with van der Waals surface area (Å²) in [6, 6.07) is 10.3. The maximum Gasteiger partial charge on any atom is 0.131 e. The van der Waals surface area contributed by atoms with Gasteiger partial charge in [-0.05, 0) is 48.1 Å². The van der Waals surface area contributed by atoms with Crippen molar-refractivity contribution in [3.05, 3.63) is 64.7 Å². The molecule has 0 spiro atoms. The normalized spacial score (nSPS) is 25.6. The van der Waals surface area contributed by atoms with Crippen LogP contribution in [0.2, 0.25) is 0 Å². The second-order valence-corrected chi connectivity index (χ2v) is 9.22. The largest absolute Gasteiger partial charge is 0.398 e. The summed E-state index contributed by atoms with van der Waals surface area (Å²) in [7, 11) is 0. The first kappa shape index (κ1) is 20.3. The Morgan fingerprint density at radius 3 is 2.72 bits per heavy atom. The standard InChI is InChI=1S/C24H30F2N2O/c1-23(2)22-14-18-19(5-4-6-21(18)27)24(23,3)9-10-28(22)11-12-29-15-16-7-8-17(25)13-20(16)26/h4-8,13,22H,9-12,14-15,27H2,1-3H3/t22-,24+/m1/s1. The maximum atomic E-state index is 13.8. The number of anilines is 1. The number of hydrogen-bond acceptors (Lipinski definition) is 3. The molecular formula is C24H30F2N2O. The van der Waals surface area contributed by atoms with Gasteiger partial charge in [-0.25, -0.2) is 8.78 Å². The van der Waals surface area contributed by atoms with Crippen LogP contribution >= 0.6 is 0 Å². The van der Waals surface area contributed by atoms with Crippen LogP contribution < -0.4 is 5.73 Å². The molecule has 2 aliphatic rings. The van der Waals surface area contributed by atoms with Gasteiger partial charge in [0.1, 0.15) is 11.6 Å². The van der Waals surface area contributed by atoms with E-state index in [1.807, 2.05) is 6.07 Å². The van der Waals surface area contributed by atoms with Gasteiger partial charge in [-0.2, -0.15) is 0 Å². The lowest BCUT2D eigenvalue weighted by Crippen LogP contribution is -2.64. The summed E-state index contributed by atoms with van der Waals surface area (Å²) >= 11 is 0. The van der Waals surface area contributed by atoms with Crippen LogP contribution in [0.15, 0.2) is 36.4 Å². The fourth-order valence-corrected chi connectivity index (χ4v) is 5.35. The number of piperidine rings is 1. The number of rotatable bonds is 5. The lowest BCUT2D eigenvalue weighted by atomic mass is 9.51. The Hall–Kier alpha value is -1.98. The lowest BCUT2D eigenvalue weighted by Gasteiger charge is -2.61. The molecule has 2 atom stereocenters. The van der Waals surface area contributed by atoms with Crippen LogP contribution in [0.4, 0.5) is 14.5 Å². The van der Waals surface area contributed by atoms with Crippen LogP contribution in [0.3, 0.4) is 0 Å². The van der Waals surface area contributed by atoms with E-state index in [0.29, 0.717) is 18.2 Å². The Labute approximate surface area is 171 Å². The second-order valence-electron chi connectivity index (χ2n) is 9.22. The van der Waals surface area contributed by atoms with Crippen molar-refractivity contribution in [3.8, 4) is 0 Å². The van der Waals surface area contributed by atoms with E-state index in [-0.39, 0.29) is 17.4 Å². The first-order chi connectivity index (χ1) is 13.7. The van der Waals surface area contributed by atoms with Gasteiger partial charge in [-0.15, -0.1) is 0 Å². The van der Waals surface area contributed by atoms with Crippen LogP contribution in [0, 0.1) is 17.0 Å². The quantitative estimate of drug-likeness (QED) is 0.585. The highest BCUT2D eigenvalue weighted by atomic mass is 19.1. The summed E-state index contributed by atoms with van der Waals surface area (Å²) in [5.74, 6) is -1.12. The molecule has 4 rings (SSSR count). The second kappa shape index (κ2) is 7.37. The molecule has 0 unspecified atom stereocenters. The van der Waals surface area contributed by atoms with Crippen molar-refractivity contribution in [3.63, 3.8) is 0 Å².